The molecule has 1 heterocycles. The van der Waals surface area contributed by atoms with Gasteiger partial charge >= 0.3 is 12.1 Å². The van der Waals surface area contributed by atoms with Gasteiger partial charge in [0.05, 0.1) is 6.61 Å². The Kier molecular flexibility index (Phi) is 7.67. The molecular weight excluding hydrogens is 446 g/mol. The van der Waals surface area contributed by atoms with Crippen molar-refractivity contribution in [2.75, 3.05) is 19.7 Å². The summed E-state index contributed by atoms with van der Waals surface area (Å²) in [6.45, 7) is 1.28. The predicted octanol–water partition coefficient (Wildman–Crippen LogP) is 4.43. The third-order valence-corrected chi connectivity index (χ3v) is 6.32. The number of hydrogen-bond donors (Lipinski definition) is 2. The van der Waals surface area contributed by atoms with Crippen LogP contribution in [0.5, 0.6) is 5.75 Å². The van der Waals surface area contributed by atoms with Crippen molar-refractivity contribution in [3.8, 4) is 5.75 Å². The molecule has 0 saturated carbocycles. The topological polar surface area (TPSA) is 96.3 Å². The minimum atomic E-state index is -2.02. The molecule has 1 fully saturated rings. The first kappa shape index (κ1) is 24.3. The van der Waals surface area contributed by atoms with Gasteiger partial charge in [-0.15, -0.1) is 0 Å². The number of rotatable bonds is 8. The van der Waals surface area contributed by atoms with E-state index in [2.05, 4.69) is 0 Å². The Bertz CT molecular complexity index is 1130. The molecule has 4 rings (SSSR count). The number of carbonyl (C=O) groups excluding carboxylic acids is 1. The van der Waals surface area contributed by atoms with Crippen molar-refractivity contribution >= 4 is 12.1 Å². The second-order valence-corrected chi connectivity index (χ2v) is 8.69. The number of hydrogen-bond acceptors (Lipinski definition) is 5. The minimum absolute atomic E-state index is 0.0371. The van der Waals surface area contributed by atoms with Crippen molar-refractivity contribution in [2.45, 2.75) is 25.0 Å². The minimum Gasteiger partial charge on any atom is -0.489 e. The Morgan fingerprint density at radius 2 is 1.51 bits per heavy atom. The zero-order chi connectivity index (χ0) is 24.7. The van der Waals surface area contributed by atoms with E-state index in [1.54, 1.807) is 48.5 Å². The summed E-state index contributed by atoms with van der Waals surface area (Å²) >= 11 is 0. The normalized spacial score (nSPS) is 15.7. The molecule has 1 aliphatic heterocycles. The maximum atomic E-state index is 13.4. The Morgan fingerprint density at radius 3 is 2.17 bits per heavy atom. The molecule has 7 heteroatoms. The molecule has 1 aliphatic rings. The van der Waals surface area contributed by atoms with Gasteiger partial charge in [-0.1, -0.05) is 72.8 Å². The van der Waals surface area contributed by atoms with Gasteiger partial charge in [-0.3, -0.25) is 0 Å². The zero-order valence-corrected chi connectivity index (χ0v) is 19.4. The van der Waals surface area contributed by atoms with Crippen LogP contribution in [0.25, 0.3) is 0 Å². The first-order valence-electron chi connectivity index (χ1n) is 11.7. The van der Waals surface area contributed by atoms with Gasteiger partial charge < -0.3 is 24.6 Å². The van der Waals surface area contributed by atoms with Crippen LogP contribution in [-0.2, 0) is 21.7 Å². The monoisotopic (exact) mass is 475 g/mol. The number of ether oxygens (including phenoxy) is 2. The van der Waals surface area contributed by atoms with Crippen LogP contribution in [0.1, 0.15) is 29.5 Å². The molecule has 1 amide bonds. The van der Waals surface area contributed by atoms with Gasteiger partial charge in [-0.05, 0) is 42.0 Å². The zero-order valence-electron chi connectivity index (χ0n) is 19.4. The van der Waals surface area contributed by atoms with Gasteiger partial charge in [0.1, 0.15) is 12.4 Å². The summed E-state index contributed by atoms with van der Waals surface area (Å²) in [5.41, 5.74) is -0.273. The summed E-state index contributed by atoms with van der Waals surface area (Å²) in [6, 6.07) is 25.3. The van der Waals surface area contributed by atoms with Crippen LogP contribution in [0.2, 0.25) is 0 Å². The van der Waals surface area contributed by atoms with Crippen molar-refractivity contribution in [1.82, 2.24) is 4.90 Å². The molecule has 182 valence electrons. The first-order valence-corrected chi connectivity index (χ1v) is 11.7. The third-order valence-electron chi connectivity index (χ3n) is 6.32. The van der Waals surface area contributed by atoms with Gasteiger partial charge in [-0.2, -0.15) is 0 Å². The highest BCUT2D eigenvalue weighted by Crippen LogP contribution is 2.34. The number of nitrogens with zero attached hydrogens (tertiary/aromatic N) is 1. The first-order chi connectivity index (χ1) is 17.0. The fourth-order valence-electron chi connectivity index (χ4n) is 4.22. The quantitative estimate of drug-likeness (QED) is 0.468. The second kappa shape index (κ2) is 11.1. The van der Waals surface area contributed by atoms with Gasteiger partial charge in [0.2, 0.25) is 5.60 Å². The molecule has 0 spiro atoms. The maximum absolute atomic E-state index is 13.4. The van der Waals surface area contributed by atoms with E-state index >= 15 is 0 Å². The standard InChI is InChI=1S/C28H29NO6/c30-26(35-20-22-14-16-29(17-15-22)27(31)32)28(33,23-10-5-2-6-11-23)24-12-7-13-25(18-24)34-19-21-8-3-1-4-9-21/h1-13,18,22,33H,14-17,19-20H2,(H,31,32). The van der Waals surface area contributed by atoms with Gasteiger partial charge in [0.15, 0.2) is 0 Å². The van der Waals surface area contributed by atoms with Crippen molar-refractivity contribution in [1.29, 1.82) is 0 Å². The maximum Gasteiger partial charge on any atom is 0.407 e. The summed E-state index contributed by atoms with van der Waals surface area (Å²) in [7, 11) is 0. The summed E-state index contributed by atoms with van der Waals surface area (Å²) in [4.78, 5) is 25.8. The van der Waals surface area contributed by atoms with E-state index in [0.29, 0.717) is 49.4 Å². The molecular formula is C28H29NO6. The van der Waals surface area contributed by atoms with Crippen LogP contribution < -0.4 is 4.74 Å². The molecule has 2 N–H and O–H groups in total. The van der Waals surface area contributed by atoms with Gasteiger partial charge in [0.25, 0.3) is 0 Å². The molecule has 1 unspecified atom stereocenters. The lowest BCUT2D eigenvalue weighted by Gasteiger charge is -2.31. The third kappa shape index (κ3) is 5.81. The fraction of sp³-hybridized carbons (Fsp3) is 0.286. The van der Waals surface area contributed by atoms with Gasteiger partial charge in [-0.25, -0.2) is 9.59 Å². The SMILES string of the molecule is O=C(O)N1CCC(COC(=O)C(O)(c2ccccc2)c2cccc(OCc3ccccc3)c2)CC1. The van der Waals surface area contributed by atoms with E-state index in [9.17, 15) is 14.7 Å². The molecule has 3 aromatic carbocycles. The Morgan fingerprint density at radius 1 is 0.886 bits per heavy atom. The van der Waals surface area contributed by atoms with E-state index in [1.807, 2.05) is 36.4 Å². The van der Waals surface area contributed by atoms with E-state index in [4.69, 9.17) is 14.6 Å². The Labute approximate surface area is 204 Å². The number of piperidine rings is 1. The highest BCUT2D eigenvalue weighted by molar-refractivity contribution is 5.85. The summed E-state index contributed by atoms with van der Waals surface area (Å²) < 4.78 is 11.5. The molecule has 0 aliphatic carbocycles. The average Bonchev–Trinajstić information content (AvgIpc) is 2.91. The van der Waals surface area contributed by atoms with E-state index in [0.717, 1.165) is 5.56 Å². The average molecular weight is 476 g/mol. The van der Waals surface area contributed by atoms with Crippen molar-refractivity contribution < 1.29 is 29.3 Å². The largest absolute Gasteiger partial charge is 0.489 e. The summed E-state index contributed by atoms with van der Waals surface area (Å²) in [6.07, 6.45) is 0.270. The lowest BCUT2D eigenvalue weighted by molar-refractivity contribution is -0.164. The Balaban J connectivity index is 1.51. The van der Waals surface area contributed by atoms with Crippen molar-refractivity contribution in [3.63, 3.8) is 0 Å². The molecule has 7 nitrogen and oxygen atoms in total. The van der Waals surface area contributed by atoms with Crippen LogP contribution in [0.3, 0.4) is 0 Å². The summed E-state index contributed by atoms with van der Waals surface area (Å²) in [5.74, 6) is -0.214. The fourth-order valence-corrected chi connectivity index (χ4v) is 4.22. The predicted molar refractivity (Wildman–Crippen MR) is 130 cm³/mol. The highest BCUT2D eigenvalue weighted by atomic mass is 16.5. The molecule has 1 saturated heterocycles. The van der Waals surface area contributed by atoms with Crippen LogP contribution in [0.4, 0.5) is 4.79 Å². The number of likely N-dealkylation sites (tertiary alicyclic amines) is 1. The molecule has 35 heavy (non-hydrogen) atoms. The molecule has 0 aromatic heterocycles. The van der Waals surface area contributed by atoms with Crippen LogP contribution in [0, 0.1) is 5.92 Å². The lowest BCUT2D eigenvalue weighted by Crippen LogP contribution is -2.41. The van der Waals surface area contributed by atoms with Crippen molar-refractivity contribution in [2.24, 2.45) is 5.92 Å². The molecule has 3 aromatic rings. The second-order valence-electron chi connectivity index (χ2n) is 8.69. The van der Waals surface area contributed by atoms with Crippen LogP contribution in [0.15, 0.2) is 84.9 Å². The van der Waals surface area contributed by atoms with Gasteiger partial charge in [0, 0.05) is 18.7 Å². The number of benzene rings is 3. The van der Waals surface area contributed by atoms with Crippen molar-refractivity contribution in [3.05, 3.63) is 102 Å². The van der Waals surface area contributed by atoms with E-state index < -0.39 is 17.7 Å². The lowest BCUT2D eigenvalue weighted by atomic mass is 9.86. The number of amides is 1. The molecule has 0 bridgehead atoms. The number of aliphatic hydroxyl groups is 1. The van der Waals surface area contributed by atoms with E-state index in [-0.39, 0.29) is 12.5 Å². The van der Waals surface area contributed by atoms with Crippen LogP contribution in [-0.4, -0.2) is 46.9 Å². The highest BCUT2D eigenvalue weighted by Gasteiger charge is 2.42. The molecule has 1 atom stereocenters. The smallest absolute Gasteiger partial charge is 0.407 e. The molecule has 0 radical (unpaired) electrons. The number of carbonyl (C=O) groups is 2. The van der Waals surface area contributed by atoms with Crippen LogP contribution >= 0.6 is 0 Å². The number of esters is 1. The van der Waals surface area contributed by atoms with E-state index in [1.165, 1.54) is 4.90 Å². The Hall–Kier alpha value is -3.84. The summed E-state index contributed by atoms with van der Waals surface area (Å²) in [5, 5.41) is 20.9. The number of carboxylic acid groups (broad SMARTS) is 1.